The molecule has 0 bridgehead atoms. The summed E-state index contributed by atoms with van der Waals surface area (Å²) in [6, 6.07) is 14.8. The number of thioether (sulfide) groups is 1. The van der Waals surface area contributed by atoms with Crippen molar-refractivity contribution in [2.24, 2.45) is 5.16 Å². The van der Waals surface area contributed by atoms with Crippen molar-refractivity contribution in [1.29, 1.82) is 0 Å². The van der Waals surface area contributed by atoms with Crippen molar-refractivity contribution in [2.75, 3.05) is 5.75 Å². The molecule has 0 saturated heterocycles. The molecule has 0 radical (unpaired) electrons. The predicted molar refractivity (Wildman–Crippen MR) is 89.8 cm³/mol. The number of rotatable bonds is 2. The van der Waals surface area contributed by atoms with Crippen LogP contribution in [0.5, 0.6) is 0 Å². The smallest absolute Gasteiger partial charge is 0.312 e. The van der Waals surface area contributed by atoms with Gasteiger partial charge >= 0.3 is 5.97 Å². The van der Waals surface area contributed by atoms with E-state index in [0.717, 1.165) is 29.9 Å². The average molecular weight is 332 g/mol. The van der Waals surface area contributed by atoms with Crippen LogP contribution in [0.25, 0.3) is 0 Å². The van der Waals surface area contributed by atoms with E-state index in [-0.39, 0.29) is 0 Å². The van der Waals surface area contributed by atoms with E-state index in [1.54, 1.807) is 36.0 Å². The number of hydrogen-bond donors (Lipinski definition) is 0. The lowest BCUT2D eigenvalue weighted by Gasteiger charge is -2.06. The second-order valence-corrected chi connectivity index (χ2v) is 6.39. The third-order valence-electron chi connectivity index (χ3n) is 3.35. The van der Waals surface area contributed by atoms with Gasteiger partial charge in [0.2, 0.25) is 0 Å². The van der Waals surface area contributed by atoms with Crippen LogP contribution in [0.2, 0.25) is 5.02 Å². The third kappa shape index (κ3) is 3.34. The van der Waals surface area contributed by atoms with Crippen molar-refractivity contribution in [2.45, 2.75) is 17.7 Å². The third-order valence-corrected chi connectivity index (χ3v) is 4.84. The molecule has 3 nitrogen and oxygen atoms in total. The summed E-state index contributed by atoms with van der Waals surface area (Å²) in [5.41, 5.74) is 2.17. The van der Waals surface area contributed by atoms with Gasteiger partial charge in [-0.2, -0.15) is 0 Å². The van der Waals surface area contributed by atoms with Crippen molar-refractivity contribution in [3.63, 3.8) is 0 Å². The summed E-state index contributed by atoms with van der Waals surface area (Å²) >= 11 is 7.80. The number of carbonyl (C=O) groups is 1. The first-order valence-corrected chi connectivity index (χ1v) is 8.37. The molecule has 1 aliphatic rings. The summed E-state index contributed by atoms with van der Waals surface area (Å²) in [6.45, 7) is 0. The number of oxime groups is 1. The molecule has 5 heteroatoms. The van der Waals surface area contributed by atoms with Crippen LogP contribution >= 0.6 is 23.4 Å². The lowest BCUT2D eigenvalue weighted by atomic mass is 10.1. The standard InChI is InChI=1S/C17H14ClNO2S/c18-14-8-3-1-6-12(14)17(20)21-19-15-9-5-11-22-16-10-4-2-7-13(15)16/h1-4,6-8,10H,5,9,11H2/b19-15-. The van der Waals surface area contributed by atoms with Crippen LogP contribution < -0.4 is 0 Å². The summed E-state index contributed by atoms with van der Waals surface area (Å²) in [7, 11) is 0. The van der Waals surface area contributed by atoms with Crippen LogP contribution in [0.3, 0.4) is 0 Å². The number of nitrogens with zero attached hydrogens (tertiary/aromatic N) is 1. The van der Waals surface area contributed by atoms with Crippen molar-refractivity contribution < 1.29 is 9.63 Å². The van der Waals surface area contributed by atoms with Gasteiger partial charge in [-0.3, -0.25) is 0 Å². The number of fused-ring (bicyclic) bond motifs is 1. The molecule has 2 aromatic rings. The van der Waals surface area contributed by atoms with E-state index in [1.165, 1.54) is 4.90 Å². The maximum Gasteiger partial charge on any atom is 0.367 e. The summed E-state index contributed by atoms with van der Waals surface area (Å²) in [5.74, 6) is 0.501. The zero-order valence-electron chi connectivity index (χ0n) is 11.8. The Bertz CT molecular complexity index is 730. The van der Waals surface area contributed by atoms with E-state index in [9.17, 15) is 4.79 Å². The lowest BCUT2D eigenvalue weighted by molar-refractivity contribution is 0.0516. The molecule has 3 rings (SSSR count). The average Bonchev–Trinajstić information content (AvgIpc) is 2.75. The Kier molecular flexibility index (Phi) is 4.80. The van der Waals surface area contributed by atoms with Gasteiger partial charge in [0, 0.05) is 10.5 Å². The Morgan fingerprint density at radius 1 is 1.14 bits per heavy atom. The largest absolute Gasteiger partial charge is 0.367 e. The van der Waals surface area contributed by atoms with Crippen molar-refractivity contribution in [3.8, 4) is 0 Å². The molecule has 0 unspecified atom stereocenters. The molecule has 0 N–H and O–H groups in total. The first-order chi connectivity index (χ1) is 10.8. The fraction of sp³-hybridized carbons (Fsp3) is 0.176. The number of benzene rings is 2. The van der Waals surface area contributed by atoms with Gasteiger partial charge in [0.05, 0.1) is 16.3 Å². The lowest BCUT2D eigenvalue weighted by Crippen LogP contribution is -2.07. The highest BCUT2D eigenvalue weighted by molar-refractivity contribution is 7.99. The van der Waals surface area contributed by atoms with E-state index >= 15 is 0 Å². The highest BCUT2D eigenvalue weighted by Gasteiger charge is 2.16. The monoisotopic (exact) mass is 331 g/mol. The second-order valence-electron chi connectivity index (χ2n) is 4.84. The molecular formula is C17H14ClNO2S. The van der Waals surface area contributed by atoms with Crippen LogP contribution in [-0.2, 0) is 4.84 Å². The molecule has 0 aromatic heterocycles. The summed E-state index contributed by atoms with van der Waals surface area (Å²) in [5, 5.41) is 4.46. The second kappa shape index (κ2) is 6.99. The van der Waals surface area contributed by atoms with E-state index in [2.05, 4.69) is 11.2 Å². The maximum atomic E-state index is 12.1. The fourth-order valence-corrected chi connectivity index (χ4v) is 3.49. The Morgan fingerprint density at radius 2 is 1.91 bits per heavy atom. The Morgan fingerprint density at radius 3 is 2.77 bits per heavy atom. The van der Waals surface area contributed by atoms with Gasteiger partial charge in [0.1, 0.15) is 0 Å². The molecular weight excluding hydrogens is 318 g/mol. The normalized spacial score (nSPS) is 16.0. The first kappa shape index (κ1) is 15.1. The van der Waals surface area contributed by atoms with Crippen LogP contribution in [0.4, 0.5) is 0 Å². The molecule has 1 heterocycles. The fourth-order valence-electron chi connectivity index (χ4n) is 2.25. The van der Waals surface area contributed by atoms with Gasteiger partial charge in [-0.25, -0.2) is 4.79 Å². The molecule has 0 spiro atoms. The molecule has 0 saturated carbocycles. The zero-order valence-corrected chi connectivity index (χ0v) is 13.4. The maximum absolute atomic E-state index is 12.1. The van der Waals surface area contributed by atoms with Gasteiger partial charge in [-0.15, -0.1) is 11.8 Å². The SMILES string of the molecule is O=C(O/N=C1/CCCSc2ccccc21)c1ccccc1Cl. The molecule has 1 aliphatic heterocycles. The Hall–Kier alpha value is -1.78. The minimum absolute atomic E-state index is 0.324. The zero-order chi connectivity index (χ0) is 15.4. The minimum atomic E-state index is -0.535. The van der Waals surface area contributed by atoms with Crippen LogP contribution in [-0.4, -0.2) is 17.4 Å². The van der Waals surface area contributed by atoms with Crippen LogP contribution in [0.15, 0.2) is 58.6 Å². The minimum Gasteiger partial charge on any atom is -0.312 e. The van der Waals surface area contributed by atoms with E-state index in [4.69, 9.17) is 16.4 Å². The van der Waals surface area contributed by atoms with Crippen molar-refractivity contribution in [3.05, 3.63) is 64.7 Å². The van der Waals surface area contributed by atoms with E-state index < -0.39 is 5.97 Å². The summed E-state index contributed by atoms with van der Waals surface area (Å²) in [4.78, 5) is 18.4. The Balaban J connectivity index is 1.84. The topological polar surface area (TPSA) is 38.7 Å². The van der Waals surface area contributed by atoms with Crippen molar-refractivity contribution in [1.82, 2.24) is 0 Å². The van der Waals surface area contributed by atoms with Gasteiger partial charge in [0.25, 0.3) is 0 Å². The van der Waals surface area contributed by atoms with E-state index in [1.807, 2.05) is 18.2 Å². The molecule has 22 heavy (non-hydrogen) atoms. The summed E-state index contributed by atoms with van der Waals surface area (Å²) < 4.78 is 0. The highest BCUT2D eigenvalue weighted by Crippen LogP contribution is 2.29. The van der Waals surface area contributed by atoms with Gasteiger partial charge in [-0.05, 0) is 36.8 Å². The summed E-state index contributed by atoms with van der Waals surface area (Å²) in [6.07, 6.45) is 1.79. The molecule has 2 aromatic carbocycles. The van der Waals surface area contributed by atoms with Gasteiger partial charge in [-0.1, -0.05) is 47.1 Å². The van der Waals surface area contributed by atoms with Crippen LogP contribution in [0, 0.1) is 0 Å². The first-order valence-electron chi connectivity index (χ1n) is 7.00. The van der Waals surface area contributed by atoms with Gasteiger partial charge in [0.15, 0.2) is 0 Å². The molecule has 112 valence electrons. The molecule has 0 aliphatic carbocycles. The highest BCUT2D eigenvalue weighted by atomic mass is 35.5. The van der Waals surface area contributed by atoms with Crippen LogP contribution in [0.1, 0.15) is 28.8 Å². The predicted octanol–water partition coefficient (Wildman–Crippen LogP) is 4.79. The number of hydrogen-bond acceptors (Lipinski definition) is 4. The molecule has 0 amide bonds. The van der Waals surface area contributed by atoms with Gasteiger partial charge < -0.3 is 4.84 Å². The molecule has 0 atom stereocenters. The number of carbonyl (C=O) groups excluding carboxylic acids is 1. The number of halogens is 1. The van der Waals surface area contributed by atoms with Crippen molar-refractivity contribution >= 4 is 35.0 Å². The molecule has 0 fully saturated rings. The van der Waals surface area contributed by atoms with E-state index in [0.29, 0.717) is 10.6 Å². The quantitative estimate of drug-likeness (QED) is 0.586. The Labute approximate surface area is 138 Å².